The van der Waals surface area contributed by atoms with Crippen molar-refractivity contribution in [3.05, 3.63) is 0 Å². The van der Waals surface area contributed by atoms with E-state index in [1.165, 1.54) is 0 Å². The van der Waals surface area contributed by atoms with E-state index in [9.17, 15) is 19.2 Å². The van der Waals surface area contributed by atoms with E-state index >= 15 is 0 Å². The van der Waals surface area contributed by atoms with Gasteiger partial charge in [-0.15, -0.1) is 0 Å². The first-order valence-corrected chi connectivity index (χ1v) is 5.78. The molecule has 6 nitrogen and oxygen atoms in total. The molecule has 0 spiro atoms. The lowest BCUT2D eigenvalue weighted by atomic mass is 9.96. The number of carbonyl (C=O) groups excluding carboxylic acids is 2. The van der Waals surface area contributed by atoms with Crippen LogP contribution in [-0.4, -0.2) is 22.9 Å². The van der Waals surface area contributed by atoms with Gasteiger partial charge in [-0.1, -0.05) is 0 Å². The van der Waals surface area contributed by atoms with Crippen LogP contribution in [-0.2, 0) is 23.7 Å². The molecule has 1 aliphatic rings. The lowest BCUT2D eigenvalue weighted by molar-refractivity contribution is -0.777. The van der Waals surface area contributed by atoms with Gasteiger partial charge in [0.1, 0.15) is 0 Å². The standard InChI is InChI=1S/C9H13FO6S/c1-9(10,17-16-15-13)8(12)14-7-5-3-2-4-6(7)11/h7,13H,2-5H2,1H3/p-1. The molecule has 0 aromatic carbocycles. The van der Waals surface area contributed by atoms with Gasteiger partial charge in [-0.25, -0.2) is 9.18 Å². The quantitative estimate of drug-likeness (QED) is 0.312. The maximum Gasteiger partial charge on any atom is 0.357 e. The Hall–Kier alpha value is -0.700. The fraction of sp³-hybridized carbons (Fsp3) is 0.778. The van der Waals surface area contributed by atoms with Crippen LogP contribution in [0.5, 0.6) is 0 Å². The van der Waals surface area contributed by atoms with E-state index in [1.807, 2.05) is 0 Å². The zero-order valence-corrected chi connectivity index (χ0v) is 9.96. The lowest BCUT2D eigenvalue weighted by Crippen LogP contribution is -2.37. The Morgan fingerprint density at radius 1 is 1.59 bits per heavy atom. The molecule has 1 rings (SSSR count). The monoisotopic (exact) mass is 267 g/mol. The predicted molar refractivity (Wildman–Crippen MR) is 52.6 cm³/mol. The molecule has 1 aliphatic carbocycles. The number of esters is 1. The maximum atomic E-state index is 13.6. The van der Waals surface area contributed by atoms with Crippen molar-refractivity contribution >= 4 is 23.8 Å². The van der Waals surface area contributed by atoms with Gasteiger partial charge in [-0.3, -0.25) is 9.83 Å². The summed E-state index contributed by atoms with van der Waals surface area (Å²) >= 11 is -0.111. The van der Waals surface area contributed by atoms with Gasteiger partial charge < -0.3 is 9.99 Å². The molecule has 1 fully saturated rings. The summed E-state index contributed by atoms with van der Waals surface area (Å²) in [5.74, 6) is -1.48. The van der Waals surface area contributed by atoms with Crippen molar-refractivity contribution in [2.45, 2.75) is 43.7 Å². The molecule has 0 bridgehead atoms. The third-order valence-corrected chi connectivity index (χ3v) is 2.93. The van der Waals surface area contributed by atoms with Crippen LogP contribution in [0, 0.1) is 0 Å². The highest BCUT2D eigenvalue weighted by Gasteiger charge is 2.40. The number of Topliss-reactive ketones (excluding diaryl/α,β-unsaturated/α-hetero) is 1. The summed E-state index contributed by atoms with van der Waals surface area (Å²) in [5.41, 5.74) is 0. The minimum atomic E-state index is -2.60. The molecule has 1 saturated carbocycles. The Morgan fingerprint density at radius 2 is 2.29 bits per heavy atom. The minimum absolute atomic E-state index is 0.111. The van der Waals surface area contributed by atoms with Crippen molar-refractivity contribution in [1.29, 1.82) is 0 Å². The van der Waals surface area contributed by atoms with Crippen molar-refractivity contribution in [3.8, 4) is 0 Å². The third-order valence-electron chi connectivity index (χ3n) is 2.33. The molecule has 98 valence electrons. The van der Waals surface area contributed by atoms with Crippen LogP contribution >= 0.6 is 12.0 Å². The second-order valence-corrected chi connectivity index (χ2v) is 4.81. The van der Waals surface area contributed by atoms with Crippen molar-refractivity contribution in [3.63, 3.8) is 0 Å². The second-order valence-electron chi connectivity index (χ2n) is 3.74. The Morgan fingerprint density at radius 3 is 2.88 bits per heavy atom. The molecule has 2 unspecified atom stereocenters. The number of halogens is 1. The van der Waals surface area contributed by atoms with Gasteiger partial charge in [-0.2, -0.15) is 4.33 Å². The summed E-state index contributed by atoms with van der Waals surface area (Å²) in [6.07, 6.45) is 1.32. The molecular weight excluding hydrogens is 255 g/mol. The summed E-state index contributed by atoms with van der Waals surface area (Å²) in [7, 11) is 0. The van der Waals surface area contributed by atoms with Crippen LogP contribution in [0.2, 0.25) is 0 Å². The number of hydrogen-bond acceptors (Lipinski definition) is 7. The van der Waals surface area contributed by atoms with Gasteiger partial charge in [0.2, 0.25) is 0 Å². The lowest BCUT2D eigenvalue weighted by Gasteiger charge is -2.24. The normalized spacial score (nSPS) is 24.2. The van der Waals surface area contributed by atoms with Crippen LogP contribution in [0.1, 0.15) is 32.6 Å². The molecule has 0 aromatic heterocycles. The average molecular weight is 267 g/mol. The van der Waals surface area contributed by atoms with Crippen molar-refractivity contribution in [1.82, 2.24) is 0 Å². The molecule has 0 saturated heterocycles. The number of ketones is 1. The summed E-state index contributed by atoms with van der Waals surface area (Å²) in [4.78, 5) is 22.7. The molecule has 0 aromatic rings. The number of alkyl halides is 1. The molecule has 0 radical (unpaired) electrons. The zero-order valence-electron chi connectivity index (χ0n) is 9.14. The molecule has 8 heteroatoms. The van der Waals surface area contributed by atoms with Crippen LogP contribution in [0.15, 0.2) is 0 Å². The highest BCUT2D eigenvalue weighted by atomic mass is 32.2. The SMILES string of the molecule is CC(F)(SOO[O-])C(=O)OC1CCCCC1=O. The van der Waals surface area contributed by atoms with Gasteiger partial charge in [0, 0.05) is 6.42 Å². The summed E-state index contributed by atoms with van der Waals surface area (Å²) < 4.78 is 22.1. The van der Waals surface area contributed by atoms with E-state index in [2.05, 4.69) is 9.37 Å². The Balaban J connectivity index is 2.49. The van der Waals surface area contributed by atoms with Crippen molar-refractivity contribution in [2.75, 3.05) is 0 Å². The third kappa shape index (κ3) is 4.23. The van der Waals surface area contributed by atoms with E-state index in [0.29, 0.717) is 12.8 Å². The average Bonchev–Trinajstić information content (AvgIpc) is 2.29. The Bertz CT molecular complexity index is 295. The molecule has 0 amide bonds. The van der Waals surface area contributed by atoms with E-state index in [-0.39, 0.29) is 17.8 Å². The Labute approximate surface area is 101 Å². The zero-order chi connectivity index (χ0) is 12.9. The van der Waals surface area contributed by atoms with Gasteiger partial charge >= 0.3 is 5.97 Å². The number of ether oxygens (including phenoxy) is 1. The molecule has 2 atom stereocenters. The molecule has 0 N–H and O–H groups in total. The molecular formula is C9H12FO6S-. The van der Waals surface area contributed by atoms with Crippen LogP contribution in [0.3, 0.4) is 0 Å². The first-order chi connectivity index (χ1) is 7.97. The van der Waals surface area contributed by atoms with Crippen molar-refractivity contribution < 1.29 is 33.3 Å². The second kappa shape index (κ2) is 6.29. The number of rotatable bonds is 5. The highest BCUT2D eigenvalue weighted by Crippen LogP contribution is 2.30. The fourth-order valence-corrected chi connectivity index (χ4v) is 1.69. The maximum absolute atomic E-state index is 13.6. The van der Waals surface area contributed by atoms with Gasteiger partial charge in [0.25, 0.3) is 5.00 Å². The summed E-state index contributed by atoms with van der Waals surface area (Å²) in [6, 6.07) is 0. The van der Waals surface area contributed by atoms with Crippen LogP contribution < -0.4 is 5.26 Å². The number of carbonyl (C=O) groups is 2. The Kier molecular flexibility index (Phi) is 5.31. The first kappa shape index (κ1) is 14.4. The number of hydrogen-bond donors (Lipinski definition) is 0. The van der Waals surface area contributed by atoms with E-state index in [0.717, 1.165) is 19.8 Å². The van der Waals surface area contributed by atoms with E-state index in [1.54, 1.807) is 0 Å². The van der Waals surface area contributed by atoms with Crippen LogP contribution in [0.4, 0.5) is 4.39 Å². The topological polar surface area (TPSA) is 84.9 Å². The highest BCUT2D eigenvalue weighted by molar-refractivity contribution is 7.96. The summed E-state index contributed by atoms with van der Waals surface area (Å²) in [5, 5.41) is 9.87. The fourth-order valence-electron chi connectivity index (χ4n) is 1.42. The van der Waals surface area contributed by atoms with E-state index in [4.69, 9.17) is 4.74 Å². The van der Waals surface area contributed by atoms with Crippen molar-refractivity contribution in [2.24, 2.45) is 0 Å². The predicted octanol–water partition coefficient (Wildman–Crippen LogP) is 0.599. The largest absolute Gasteiger partial charge is 0.691 e. The van der Waals surface area contributed by atoms with Gasteiger partial charge in [0.15, 0.2) is 11.9 Å². The van der Waals surface area contributed by atoms with Crippen LogP contribution in [0.25, 0.3) is 0 Å². The molecule has 17 heavy (non-hydrogen) atoms. The molecule has 0 heterocycles. The van der Waals surface area contributed by atoms with Gasteiger partial charge in [0.05, 0.1) is 12.0 Å². The smallest absolute Gasteiger partial charge is 0.357 e. The molecule has 0 aliphatic heterocycles. The van der Waals surface area contributed by atoms with E-state index < -0.39 is 17.1 Å². The first-order valence-electron chi connectivity index (χ1n) is 5.04. The van der Waals surface area contributed by atoms with Gasteiger partial charge in [-0.05, 0) is 26.2 Å². The minimum Gasteiger partial charge on any atom is -0.691 e. The summed E-state index contributed by atoms with van der Waals surface area (Å²) in [6.45, 7) is 0.853.